The average molecular weight is 249 g/mol. The van der Waals surface area contributed by atoms with Crippen LogP contribution in [-0.2, 0) is 6.42 Å². The third-order valence-electron chi connectivity index (χ3n) is 3.58. The van der Waals surface area contributed by atoms with Gasteiger partial charge in [-0.1, -0.05) is 18.2 Å². The highest BCUT2D eigenvalue weighted by atomic mass is 15.2. The Bertz CT molecular complexity index is 655. The molecular formula is C16H15N3. The van der Waals surface area contributed by atoms with E-state index in [9.17, 15) is 0 Å². The van der Waals surface area contributed by atoms with Crippen molar-refractivity contribution in [2.24, 2.45) is 0 Å². The van der Waals surface area contributed by atoms with Gasteiger partial charge in [0.2, 0.25) is 0 Å². The first-order valence-corrected chi connectivity index (χ1v) is 6.53. The minimum Gasteiger partial charge on any atom is -0.326 e. The van der Waals surface area contributed by atoms with Gasteiger partial charge in [-0.2, -0.15) is 5.26 Å². The Morgan fingerprint density at radius 2 is 2.05 bits per heavy atom. The third kappa shape index (κ3) is 2.06. The molecule has 0 unspecified atom stereocenters. The number of aryl methyl sites for hydroxylation is 2. The Labute approximate surface area is 113 Å². The number of benzene rings is 1. The molecule has 1 aliphatic heterocycles. The summed E-state index contributed by atoms with van der Waals surface area (Å²) in [6.45, 7) is 2.87. The number of fused-ring (bicyclic) bond motifs is 1. The summed E-state index contributed by atoms with van der Waals surface area (Å²) in [7, 11) is 0. The molecule has 1 aliphatic rings. The predicted molar refractivity (Wildman–Crippen MR) is 75.5 cm³/mol. The number of para-hydroxylation sites is 1. The predicted octanol–water partition coefficient (Wildman–Crippen LogP) is 3.35. The maximum absolute atomic E-state index is 8.97. The molecule has 0 radical (unpaired) electrons. The van der Waals surface area contributed by atoms with Gasteiger partial charge < -0.3 is 4.90 Å². The number of nitrogens with zero attached hydrogens (tertiary/aromatic N) is 3. The number of aromatic nitrogens is 1. The Morgan fingerprint density at radius 1 is 1.21 bits per heavy atom. The molecule has 2 heterocycles. The van der Waals surface area contributed by atoms with Crippen molar-refractivity contribution < 1.29 is 0 Å². The second-order valence-electron chi connectivity index (χ2n) is 4.80. The number of hydrogen-bond acceptors (Lipinski definition) is 3. The summed E-state index contributed by atoms with van der Waals surface area (Å²) in [4.78, 5) is 6.81. The minimum atomic E-state index is 0.647. The van der Waals surface area contributed by atoms with Crippen LogP contribution in [0.3, 0.4) is 0 Å². The smallest absolute Gasteiger partial charge is 0.133 e. The summed E-state index contributed by atoms with van der Waals surface area (Å²) in [6, 6.07) is 14.4. The van der Waals surface area contributed by atoms with E-state index >= 15 is 0 Å². The molecule has 94 valence electrons. The van der Waals surface area contributed by atoms with Crippen LogP contribution in [0, 0.1) is 18.3 Å². The van der Waals surface area contributed by atoms with Crippen molar-refractivity contribution in [3.63, 3.8) is 0 Å². The summed E-state index contributed by atoms with van der Waals surface area (Å²) >= 11 is 0. The van der Waals surface area contributed by atoms with E-state index in [2.05, 4.69) is 40.2 Å². The number of pyridine rings is 1. The molecule has 3 rings (SSSR count). The largest absolute Gasteiger partial charge is 0.326 e. The van der Waals surface area contributed by atoms with Crippen molar-refractivity contribution in [2.45, 2.75) is 19.8 Å². The standard InChI is InChI=1S/C16H15N3/c1-12-14(11-17)8-9-16(18-12)19-10-4-6-13-5-2-3-7-15(13)19/h2-3,5,7-9H,4,6,10H2,1H3. The van der Waals surface area contributed by atoms with Gasteiger partial charge in [0.15, 0.2) is 0 Å². The van der Waals surface area contributed by atoms with Gasteiger partial charge in [-0.05, 0) is 43.5 Å². The van der Waals surface area contributed by atoms with Gasteiger partial charge in [0.05, 0.1) is 11.3 Å². The summed E-state index contributed by atoms with van der Waals surface area (Å²) in [5.41, 5.74) is 4.06. The normalized spacial score (nSPS) is 13.8. The van der Waals surface area contributed by atoms with Crippen LogP contribution in [0.5, 0.6) is 0 Å². The summed E-state index contributed by atoms with van der Waals surface area (Å²) in [5.74, 6) is 0.934. The number of nitriles is 1. The van der Waals surface area contributed by atoms with E-state index < -0.39 is 0 Å². The SMILES string of the molecule is Cc1nc(N2CCCc3ccccc32)ccc1C#N. The molecule has 19 heavy (non-hydrogen) atoms. The van der Waals surface area contributed by atoms with E-state index in [1.165, 1.54) is 11.3 Å². The second-order valence-corrected chi connectivity index (χ2v) is 4.80. The molecule has 0 saturated carbocycles. The van der Waals surface area contributed by atoms with Crippen LogP contribution in [0.25, 0.3) is 0 Å². The van der Waals surface area contributed by atoms with Crippen molar-refractivity contribution >= 4 is 11.5 Å². The lowest BCUT2D eigenvalue weighted by Crippen LogP contribution is -2.25. The zero-order chi connectivity index (χ0) is 13.2. The summed E-state index contributed by atoms with van der Waals surface area (Å²) in [6.07, 6.45) is 2.26. The van der Waals surface area contributed by atoms with Gasteiger partial charge in [-0.3, -0.25) is 0 Å². The van der Waals surface area contributed by atoms with Crippen LogP contribution in [0.15, 0.2) is 36.4 Å². The fraction of sp³-hybridized carbons (Fsp3) is 0.250. The van der Waals surface area contributed by atoms with E-state index in [-0.39, 0.29) is 0 Å². The van der Waals surface area contributed by atoms with Crippen LogP contribution in [0.2, 0.25) is 0 Å². The molecule has 0 fully saturated rings. The van der Waals surface area contributed by atoms with Gasteiger partial charge >= 0.3 is 0 Å². The lowest BCUT2D eigenvalue weighted by atomic mass is 10.0. The zero-order valence-corrected chi connectivity index (χ0v) is 10.9. The highest BCUT2D eigenvalue weighted by Gasteiger charge is 2.18. The second kappa shape index (κ2) is 4.74. The zero-order valence-electron chi connectivity index (χ0n) is 10.9. The fourth-order valence-electron chi connectivity index (χ4n) is 2.59. The molecule has 0 spiro atoms. The average Bonchev–Trinajstić information content (AvgIpc) is 2.46. The number of rotatable bonds is 1. The van der Waals surface area contributed by atoms with E-state index in [0.29, 0.717) is 5.56 Å². The van der Waals surface area contributed by atoms with Crippen LogP contribution in [0.1, 0.15) is 23.2 Å². The molecule has 0 bridgehead atoms. The molecular weight excluding hydrogens is 234 g/mol. The molecule has 0 N–H and O–H groups in total. The Morgan fingerprint density at radius 3 is 2.84 bits per heavy atom. The van der Waals surface area contributed by atoms with Gasteiger partial charge in [0.1, 0.15) is 11.9 Å². The van der Waals surface area contributed by atoms with Crippen molar-refractivity contribution in [1.82, 2.24) is 4.98 Å². The molecule has 0 amide bonds. The molecule has 0 atom stereocenters. The monoisotopic (exact) mass is 249 g/mol. The third-order valence-corrected chi connectivity index (χ3v) is 3.58. The van der Waals surface area contributed by atoms with Crippen molar-refractivity contribution in [3.05, 3.63) is 53.2 Å². The molecule has 2 aromatic rings. The van der Waals surface area contributed by atoms with E-state index in [1.807, 2.05) is 19.1 Å². The highest BCUT2D eigenvalue weighted by molar-refractivity contribution is 5.65. The lowest BCUT2D eigenvalue weighted by molar-refractivity contribution is 0.758. The molecule has 0 saturated heterocycles. The van der Waals surface area contributed by atoms with Crippen molar-refractivity contribution in [2.75, 3.05) is 11.4 Å². The first kappa shape index (κ1) is 11.7. The Kier molecular flexibility index (Phi) is 2.92. The topological polar surface area (TPSA) is 39.9 Å². The van der Waals surface area contributed by atoms with Crippen molar-refractivity contribution in [1.29, 1.82) is 5.26 Å². The Hall–Kier alpha value is -2.34. The lowest BCUT2D eigenvalue weighted by Gasteiger charge is -2.30. The highest BCUT2D eigenvalue weighted by Crippen LogP contribution is 2.32. The van der Waals surface area contributed by atoms with Gasteiger partial charge in [0, 0.05) is 12.2 Å². The minimum absolute atomic E-state index is 0.647. The van der Waals surface area contributed by atoms with Crippen LogP contribution < -0.4 is 4.90 Å². The first-order valence-electron chi connectivity index (χ1n) is 6.53. The van der Waals surface area contributed by atoms with Crippen LogP contribution in [-0.4, -0.2) is 11.5 Å². The van der Waals surface area contributed by atoms with Gasteiger partial charge in [-0.25, -0.2) is 4.98 Å². The van der Waals surface area contributed by atoms with Gasteiger partial charge in [0.25, 0.3) is 0 Å². The van der Waals surface area contributed by atoms with Crippen molar-refractivity contribution in [3.8, 4) is 6.07 Å². The molecule has 1 aromatic carbocycles. The summed E-state index contributed by atoms with van der Waals surface area (Å²) in [5, 5.41) is 8.97. The van der Waals surface area contributed by atoms with E-state index in [0.717, 1.165) is 30.9 Å². The quantitative estimate of drug-likeness (QED) is 0.778. The van der Waals surface area contributed by atoms with E-state index in [4.69, 9.17) is 5.26 Å². The maximum atomic E-state index is 8.97. The first-order chi connectivity index (χ1) is 9.29. The van der Waals surface area contributed by atoms with Gasteiger partial charge in [-0.15, -0.1) is 0 Å². The summed E-state index contributed by atoms with van der Waals surface area (Å²) < 4.78 is 0. The Balaban J connectivity index is 2.05. The molecule has 1 aromatic heterocycles. The molecule has 0 aliphatic carbocycles. The molecule has 3 heteroatoms. The van der Waals surface area contributed by atoms with E-state index in [1.54, 1.807) is 0 Å². The fourth-order valence-corrected chi connectivity index (χ4v) is 2.59. The number of anilines is 2. The van der Waals surface area contributed by atoms with Crippen LogP contribution in [0.4, 0.5) is 11.5 Å². The van der Waals surface area contributed by atoms with Crippen LogP contribution >= 0.6 is 0 Å². The molecule has 3 nitrogen and oxygen atoms in total. The number of hydrogen-bond donors (Lipinski definition) is 0. The maximum Gasteiger partial charge on any atom is 0.133 e.